The molecule has 0 aliphatic rings. The number of nitrogens with one attached hydrogen (secondary N) is 2. The SMILES string of the molecule is CCCNc1ncnc(NC(C)COCC)c1CC. The molecule has 1 rings (SSSR count). The van der Waals surface area contributed by atoms with Crippen molar-refractivity contribution in [1.29, 1.82) is 0 Å². The van der Waals surface area contributed by atoms with E-state index in [9.17, 15) is 0 Å². The van der Waals surface area contributed by atoms with Gasteiger partial charge in [0.2, 0.25) is 0 Å². The van der Waals surface area contributed by atoms with Gasteiger partial charge in [-0.15, -0.1) is 0 Å². The Bertz CT molecular complexity index is 370. The minimum Gasteiger partial charge on any atom is -0.380 e. The number of hydrogen-bond donors (Lipinski definition) is 2. The average molecular weight is 266 g/mol. The van der Waals surface area contributed by atoms with Crippen molar-refractivity contribution in [2.24, 2.45) is 0 Å². The molecule has 5 heteroatoms. The second-order valence-corrected chi connectivity index (χ2v) is 4.53. The summed E-state index contributed by atoms with van der Waals surface area (Å²) in [7, 11) is 0. The van der Waals surface area contributed by atoms with E-state index in [4.69, 9.17) is 4.74 Å². The van der Waals surface area contributed by atoms with E-state index >= 15 is 0 Å². The summed E-state index contributed by atoms with van der Waals surface area (Å²) >= 11 is 0. The Hall–Kier alpha value is -1.36. The van der Waals surface area contributed by atoms with Crippen LogP contribution < -0.4 is 10.6 Å². The van der Waals surface area contributed by atoms with Crippen molar-refractivity contribution in [3.05, 3.63) is 11.9 Å². The van der Waals surface area contributed by atoms with Crippen LogP contribution in [0.25, 0.3) is 0 Å². The molecule has 1 aromatic rings. The van der Waals surface area contributed by atoms with Gasteiger partial charge >= 0.3 is 0 Å². The van der Waals surface area contributed by atoms with E-state index in [0.29, 0.717) is 6.61 Å². The van der Waals surface area contributed by atoms with Crippen LogP contribution in [0.5, 0.6) is 0 Å². The van der Waals surface area contributed by atoms with Gasteiger partial charge < -0.3 is 15.4 Å². The molecule has 0 aliphatic carbocycles. The maximum atomic E-state index is 5.41. The number of nitrogens with zero attached hydrogens (tertiary/aromatic N) is 2. The van der Waals surface area contributed by atoms with Crippen LogP contribution in [0.15, 0.2) is 6.33 Å². The third kappa shape index (κ3) is 5.03. The van der Waals surface area contributed by atoms with Gasteiger partial charge in [0.15, 0.2) is 0 Å². The van der Waals surface area contributed by atoms with Crippen LogP contribution in [0.2, 0.25) is 0 Å². The Morgan fingerprint density at radius 3 is 2.58 bits per heavy atom. The van der Waals surface area contributed by atoms with E-state index in [0.717, 1.165) is 43.2 Å². The molecule has 0 saturated carbocycles. The average Bonchev–Trinajstić information content (AvgIpc) is 2.43. The zero-order valence-electron chi connectivity index (χ0n) is 12.5. The molecule has 5 nitrogen and oxygen atoms in total. The second kappa shape index (κ2) is 8.69. The minimum atomic E-state index is 0.235. The predicted molar refractivity (Wildman–Crippen MR) is 79.8 cm³/mol. The molecular formula is C14H26N4O. The third-order valence-electron chi connectivity index (χ3n) is 2.80. The van der Waals surface area contributed by atoms with Gasteiger partial charge in [0.05, 0.1) is 6.61 Å². The van der Waals surface area contributed by atoms with E-state index in [1.165, 1.54) is 0 Å². The molecule has 0 bridgehead atoms. The molecule has 2 N–H and O–H groups in total. The fourth-order valence-electron chi connectivity index (χ4n) is 1.84. The summed E-state index contributed by atoms with van der Waals surface area (Å²) in [6.45, 7) is 10.7. The van der Waals surface area contributed by atoms with Gasteiger partial charge in [-0.05, 0) is 26.7 Å². The van der Waals surface area contributed by atoms with Gasteiger partial charge in [-0.3, -0.25) is 0 Å². The first-order valence-electron chi connectivity index (χ1n) is 7.14. The van der Waals surface area contributed by atoms with E-state index in [1.807, 2.05) is 6.92 Å². The summed E-state index contributed by atoms with van der Waals surface area (Å²) in [4.78, 5) is 8.67. The highest BCUT2D eigenvalue weighted by atomic mass is 16.5. The smallest absolute Gasteiger partial charge is 0.134 e. The molecule has 0 aliphatic heterocycles. The molecule has 1 aromatic heterocycles. The fourth-order valence-corrected chi connectivity index (χ4v) is 1.84. The summed E-state index contributed by atoms with van der Waals surface area (Å²) in [5, 5.41) is 6.75. The van der Waals surface area contributed by atoms with Crippen LogP contribution >= 0.6 is 0 Å². The monoisotopic (exact) mass is 266 g/mol. The Morgan fingerprint density at radius 1 is 1.21 bits per heavy atom. The van der Waals surface area contributed by atoms with Crippen molar-refractivity contribution in [2.45, 2.75) is 46.6 Å². The van der Waals surface area contributed by atoms with Gasteiger partial charge in [-0.1, -0.05) is 13.8 Å². The Labute approximate surface area is 116 Å². The number of hydrogen-bond acceptors (Lipinski definition) is 5. The van der Waals surface area contributed by atoms with Crippen molar-refractivity contribution in [3.8, 4) is 0 Å². The summed E-state index contributed by atoms with van der Waals surface area (Å²) in [6, 6.07) is 0.235. The zero-order chi connectivity index (χ0) is 14.1. The first kappa shape index (κ1) is 15.7. The van der Waals surface area contributed by atoms with E-state index in [1.54, 1.807) is 6.33 Å². The summed E-state index contributed by atoms with van der Waals surface area (Å²) in [6.07, 6.45) is 3.58. The molecule has 0 fully saturated rings. The van der Waals surface area contributed by atoms with Crippen LogP contribution in [0.3, 0.4) is 0 Å². The molecule has 108 valence electrons. The lowest BCUT2D eigenvalue weighted by Gasteiger charge is -2.18. The van der Waals surface area contributed by atoms with Crippen molar-refractivity contribution in [3.63, 3.8) is 0 Å². The number of aromatic nitrogens is 2. The highest BCUT2D eigenvalue weighted by molar-refractivity contribution is 5.57. The van der Waals surface area contributed by atoms with Crippen LogP contribution in [-0.2, 0) is 11.2 Å². The summed E-state index contributed by atoms with van der Waals surface area (Å²) in [5.74, 6) is 1.84. The maximum absolute atomic E-state index is 5.41. The topological polar surface area (TPSA) is 59.1 Å². The van der Waals surface area contributed by atoms with Gasteiger partial charge in [0.25, 0.3) is 0 Å². The van der Waals surface area contributed by atoms with E-state index in [-0.39, 0.29) is 6.04 Å². The van der Waals surface area contributed by atoms with E-state index < -0.39 is 0 Å². The molecule has 0 amide bonds. The highest BCUT2D eigenvalue weighted by Crippen LogP contribution is 2.21. The minimum absolute atomic E-state index is 0.235. The summed E-state index contributed by atoms with van der Waals surface area (Å²) < 4.78 is 5.41. The Kier molecular flexibility index (Phi) is 7.18. The van der Waals surface area contributed by atoms with Crippen LogP contribution in [0, 0.1) is 0 Å². The predicted octanol–water partition coefficient (Wildman–Crippen LogP) is 2.70. The van der Waals surface area contributed by atoms with Gasteiger partial charge in [0, 0.05) is 24.8 Å². The first-order chi connectivity index (χ1) is 9.22. The summed E-state index contributed by atoms with van der Waals surface area (Å²) in [5.41, 5.74) is 1.14. The quantitative estimate of drug-likeness (QED) is 0.719. The molecule has 0 aromatic carbocycles. The molecule has 1 unspecified atom stereocenters. The van der Waals surface area contributed by atoms with Crippen LogP contribution in [-0.4, -0.2) is 35.8 Å². The van der Waals surface area contributed by atoms with Gasteiger partial charge in [-0.25, -0.2) is 9.97 Å². The standard InChI is InChI=1S/C14H26N4O/c1-5-8-15-13-12(6-2)14(17-10-16-13)18-11(4)9-19-7-3/h10-11H,5-9H2,1-4H3,(H2,15,16,17,18). The fraction of sp³-hybridized carbons (Fsp3) is 0.714. The lowest BCUT2D eigenvalue weighted by molar-refractivity contribution is 0.141. The number of anilines is 2. The zero-order valence-corrected chi connectivity index (χ0v) is 12.5. The van der Waals surface area contributed by atoms with E-state index in [2.05, 4.69) is 41.4 Å². The van der Waals surface area contributed by atoms with Crippen molar-refractivity contribution < 1.29 is 4.74 Å². The molecular weight excluding hydrogens is 240 g/mol. The molecule has 1 atom stereocenters. The Morgan fingerprint density at radius 2 is 1.95 bits per heavy atom. The van der Waals surface area contributed by atoms with Gasteiger partial charge in [0.1, 0.15) is 18.0 Å². The highest BCUT2D eigenvalue weighted by Gasteiger charge is 2.11. The van der Waals surface area contributed by atoms with Crippen molar-refractivity contribution >= 4 is 11.6 Å². The number of ether oxygens (including phenoxy) is 1. The molecule has 0 saturated heterocycles. The second-order valence-electron chi connectivity index (χ2n) is 4.53. The lowest BCUT2D eigenvalue weighted by Crippen LogP contribution is -2.23. The normalized spacial score (nSPS) is 12.2. The molecule has 1 heterocycles. The lowest BCUT2D eigenvalue weighted by atomic mass is 10.2. The first-order valence-corrected chi connectivity index (χ1v) is 7.14. The van der Waals surface area contributed by atoms with Crippen molar-refractivity contribution in [1.82, 2.24) is 9.97 Å². The maximum Gasteiger partial charge on any atom is 0.134 e. The van der Waals surface area contributed by atoms with Crippen LogP contribution in [0.1, 0.15) is 39.7 Å². The number of rotatable bonds is 9. The van der Waals surface area contributed by atoms with Gasteiger partial charge in [-0.2, -0.15) is 0 Å². The third-order valence-corrected chi connectivity index (χ3v) is 2.80. The molecule has 19 heavy (non-hydrogen) atoms. The molecule has 0 spiro atoms. The Balaban J connectivity index is 2.76. The molecule has 0 radical (unpaired) electrons. The van der Waals surface area contributed by atoms with Crippen LogP contribution in [0.4, 0.5) is 11.6 Å². The largest absolute Gasteiger partial charge is 0.380 e. The van der Waals surface area contributed by atoms with Crippen molar-refractivity contribution in [2.75, 3.05) is 30.4 Å².